The van der Waals surface area contributed by atoms with E-state index >= 15 is 0 Å². The van der Waals surface area contributed by atoms with Crippen molar-refractivity contribution in [1.82, 2.24) is 9.97 Å². The zero-order valence-corrected chi connectivity index (χ0v) is 15.6. The molecule has 2 heterocycles. The van der Waals surface area contributed by atoms with E-state index in [1.165, 1.54) is 6.20 Å². The fourth-order valence-electron chi connectivity index (χ4n) is 2.62. The third kappa shape index (κ3) is 3.96. The van der Waals surface area contributed by atoms with Crippen molar-refractivity contribution in [2.75, 3.05) is 16.8 Å². The largest absolute Gasteiger partial charge is 0.443 e. The lowest BCUT2D eigenvalue weighted by Crippen LogP contribution is -2.36. The summed E-state index contributed by atoms with van der Waals surface area (Å²) < 4.78 is 5.51. The number of rotatable bonds is 2. The monoisotopic (exact) mass is 380 g/mol. The van der Waals surface area contributed by atoms with Gasteiger partial charge in [-0.25, -0.2) is 9.78 Å². The standard InChI is InChI=1S/C17H18Cl2N4O2/c1-17(2,3)25-16(24)23-8-7-10-5-4-6-12(13(10)23)21-14-11(18)9-20-15(19)22-14/h4-6,9H,7-8H2,1-3H3,(H,20,21,22). The van der Waals surface area contributed by atoms with E-state index < -0.39 is 5.60 Å². The number of hydrogen-bond acceptors (Lipinski definition) is 5. The molecule has 25 heavy (non-hydrogen) atoms. The van der Waals surface area contributed by atoms with E-state index in [1.54, 1.807) is 4.90 Å². The molecule has 0 radical (unpaired) electrons. The molecule has 0 unspecified atom stereocenters. The van der Waals surface area contributed by atoms with Crippen LogP contribution in [0.25, 0.3) is 0 Å². The highest BCUT2D eigenvalue weighted by atomic mass is 35.5. The minimum Gasteiger partial charge on any atom is -0.443 e. The number of nitrogens with one attached hydrogen (secondary N) is 1. The minimum absolute atomic E-state index is 0.0866. The smallest absolute Gasteiger partial charge is 0.414 e. The van der Waals surface area contributed by atoms with Gasteiger partial charge in [-0.05, 0) is 50.4 Å². The number of para-hydroxylation sites is 1. The van der Waals surface area contributed by atoms with E-state index in [2.05, 4.69) is 15.3 Å². The molecule has 1 aliphatic rings. The summed E-state index contributed by atoms with van der Waals surface area (Å²) in [5.41, 5.74) is 1.96. The Kier molecular flexibility index (Phi) is 4.75. The number of fused-ring (bicyclic) bond motifs is 1. The number of halogens is 2. The molecule has 2 aromatic rings. The molecule has 0 saturated heterocycles. The summed E-state index contributed by atoms with van der Waals surface area (Å²) in [5, 5.41) is 3.57. The number of carbonyl (C=O) groups is 1. The van der Waals surface area contributed by atoms with E-state index in [9.17, 15) is 4.79 Å². The molecular formula is C17H18Cl2N4O2. The second-order valence-corrected chi connectivity index (χ2v) is 7.40. The topological polar surface area (TPSA) is 67.3 Å². The summed E-state index contributed by atoms with van der Waals surface area (Å²) in [6, 6.07) is 5.75. The van der Waals surface area contributed by atoms with Crippen LogP contribution in [-0.4, -0.2) is 28.2 Å². The number of anilines is 3. The molecular weight excluding hydrogens is 363 g/mol. The Morgan fingerprint density at radius 3 is 2.80 bits per heavy atom. The minimum atomic E-state index is -0.564. The lowest BCUT2D eigenvalue weighted by molar-refractivity contribution is 0.0584. The molecule has 1 amide bonds. The van der Waals surface area contributed by atoms with Gasteiger partial charge >= 0.3 is 6.09 Å². The fraction of sp³-hybridized carbons (Fsp3) is 0.353. The van der Waals surface area contributed by atoms with Crippen molar-refractivity contribution in [1.29, 1.82) is 0 Å². The fourth-order valence-corrected chi connectivity index (χ4v) is 2.89. The maximum atomic E-state index is 12.6. The maximum absolute atomic E-state index is 12.6. The molecule has 132 valence electrons. The summed E-state index contributed by atoms with van der Waals surface area (Å²) in [7, 11) is 0. The Morgan fingerprint density at radius 1 is 1.32 bits per heavy atom. The van der Waals surface area contributed by atoms with E-state index in [0.717, 1.165) is 17.7 Å². The van der Waals surface area contributed by atoms with Crippen molar-refractivity contribution < 1.29 is 9.53 Å². The Balaban J connectivity index is 1.94. The van der Waals surface area contributed by atoms with Crippen LogP contribution < -0.4 is 10.2 Å². The number of amides is 1. The maximum Gasteiger partial charge on any atom is 0.414 e. The van der Waals surface area contributed by atoms with Gasteiger partial charge in [0.05, 0.1) is 17.6 Å². The summed E-state index contributed by atoms with van der Waals surface area (Å²) >= 11 is 12.0. The van der Waals surface area contributed by atoms with Gasteiger partial charge in [-0.15, -0.1) is 0 Å². The van der Waals surface area contributed by atoms with Crippen LogP contribution in [0.5, 0.6) is 0 Å². The van der Waals surface area contributed by atoms with Gasteiger partial charge in [-0.2, -0.15) is 4.98 Å². The quantitative estimate of drug-likeness (QED) is 0.755. The number of nitrogens with zero attached hydrogens (tertiary/aromatic N) is 3. The van der Waals surface area contributed by atoms with Crippen LogP contribution in [0.15, 0.2) is 24.4 Å². The van der Waals surface area contributed by atoms with Crippen molar-refractivity contribution in [3.8, 4) is 0 Å². The van der Waals surface area contributed by atoms with E-state index in [-0.39, 0.29) is 11.4 Å². The third-order valence-electron chi connectivity index (χ3n) is 3.58. The van der Waals surface area contributed by atoms with Crippen LogP contribution in [0.4, 0.5) is 22.0 Å². The molecule has 0 spiro atoms. The molecule has 1 N–H and O–H groups in total. The molecule has 1 aliphatic heterocycles. The van der Waals surface area contributed by atoms with Gasteiger partial charge in [-0.3, -0.25) is 4.90 Å². The zero-order valence-electron chi connectivity index (χ0n) is 14.1. The molecule has 0 bridgehead atoms. The molecule has 0 fully saturated rings. The van der Waals surface area contributed by atoms with Crippen molar-refractivity contribution in [3.63, 3.8) is 0 Å². The number of hydrogen-bond donors (Lipinski definition) is 1. The van der Waals surface area contributed by atoms with Crippen LogP contribution in [0.2, 0.25) is 10.3 Å². The highest BCUT2D eigenvalue weighted by Gasteiger charge is 2.31. The number of benzene rings is 1. The highest BCUT2D eigenvalue weighted by Crippen LogP contribution is 2.38. The SMILES string of the molecule is CC(C)(C)OC(=O)N1CCc2cccc(Nc3nc(Cl)ncc3Cl)c21. The summed E-state index contributed by atoms with van der Waals surface area (Å²) in [6.07, 6.45) is 1.79. The zero-order chi connectivity index (χ0) is 18.2. The predicted octanol–water partition coefficient (Wildman–Crippen LogP) is 4.82. The van der Waals surface area contributed by atoms with Crippen LogP contribution in [0, 0.1) is 0 Å². The van der Waals surface area contributed by atoms with Crippen LogP contribution in [0.1, 0.15) is 26.3 Å². The Labute approximate surface area is 156 Å². The molecule has 3 rings (SSSR count). The third-order valence-corrected chi connectivity index (χ3v) is 4.03. The first-order valence-electron chi connectivity index (χ1n) is 7.82. The van der Waals surface area contributed by atoms with Gasteiger partial charge in [0.2, 0.25) is 5.28 Å². The van der Waals surface area contributed by atoms with Crippen molar-refractivity contribution >= 4 is 46.5 Å². The van der Waals surface area contributed by atoms with Crippen LogP contribution in [0.3, 0.4) is 0 Å². The lowest BCUT2D eigenvalue weighted by Gasteiger charge is -2.26. The molecule has 6 nitrogen and oxygen atoms in total. The number of aromatic nitrogens is 2. The van der Waals surface area contributed by atoms with Crippen molar-refractivity contribution in [2.24, 2.45) is 0 Å². The second-order valence-electron chi connectivity index (χ2n) is 6.66. The Hall–Kier alpha value is -2.05. The summed E-state index contributed by atoms with van der Waals surface area (Å²) in [6.45, 7) is 6.08. The first kappa shape index (κ1) is 17.8. The summed E-state index contributed by atoms with van der Waals surface area (Å²) in [4.78, 5) is 22.1. The average Bonchev–Trinajstić information content (AvgIpc) is 2.94. The van der Waals surface area contributed by atoms with Gasteiger partial charge in [-0.1, -0.05) is 23.7 Å². The first-order valence-corrected chi connectivity index (χ1v) is 8.57. The van der Waals surface area contributed by atoms with Gasteiger partial charge in [0.1, 0.15) is 10.6 Å². The first-order chi connectivity index (χ1) is 11.7. The van der Waals surface area contributed by atoms with E-state index in [0.29, 0.717) is 23.1 Å². The van der Waals surface area contributed by atoms with Gasteiger partial charge < -0.3 is 10.1 Å². The van der Waals surface area contributed by atoms with Crippen LogP contribution in [-0.2, 0) is 11.2 Å². The summed E-state index contributed by atoms with van der Waals surface area (Å²) in [5.74, 6) is 0.381. The normalized spacial score (nSPS) is 13.6. The highest BCUT2D eigenvalue weighted by molar-refractivity contribution is 6.33. The molecule has 1 aromatic heterocycles. The lowest BCUT2D eigenvalue weighted by atomic mass is 10.1. The van der Waals surface area contributed by atoms with Crippen LogP contribution >= 0.6 is 23.2 Å². The average molecular weight is 381 g/mol. The Bertz CT molecular complexity index is 821. The van der Waals surface area contributed by atoms with Gasteiger partial charge in [0, 0.05) is 6.54 Å². The molecule has 8 heteroatoms. The van der Waals surface area contributed by atoms with Crippen molar-refractivity contribution in [3.05, 3.63) is 40.3 Å². The van der Waals surface area contributed by atoms with Gasteiger partial charge in [0.15, 0.2) is 5.82 Å². The van der Waals surface area contributed by atoms with Crippen molar-refractivity contribution in [2.45, 2.75) is 32.8 Å². The molecule has 0 saturated carbocycles. The molecule has 0 atom stereocenters. The predicted molar refractivity (Wildman–Crippen MR) is 99.1 cm³/mol. The van der Waals surface area contributed by atoms with Gasteiger partial charge in [0.25, 0.3) is 0 Å². The number of carbonyl (C=O) groups excluding carboxylic acids is 1. The second kappa shape index (κ2) is 6.69. The van der Waals surface area contributed by atoms with E-state index in [4.69, 9.17) is 27.9 Å². The molecule has 1 aromatic carbocycles. The van der Waals surface area contributed by atoms with E-state index in [1.807, 2.05) is 39.0 Å². The Morgan fingerprint density at radius 2 is 2.08 bits per heavy atom. The molecule has 0 aliphatic carbocycles. The number of ether oxygens (including phenoxy) is 1.